The maximum absolute atomic E-state index is 13.0. The van der Waals surface area contributed by atoms with Crippen molar-refractivity contribution in [1.82, 2.24) is 4.98 Å². The molecule has 0 saturated carbocycles. The van der Waals surface area contributed by atoms with Crippen LogP contribution in [0.5, 0.6) is 0 Å². The quantitative estimate of drug-likeness (QED) is 0.481. The van der Waals surface area contributed by atoms with Gasteiger partial charge >= 0.3 is 12.4 Å². The minimum Gasteiger partial charge on any atom is -0.306 e. The number of aromatic nitrogens is 1. The van der Waals surface area contributed by atoms with Gasteiger partial charge in [0.05, 0.1) is 35.5 Å². The highest BCUT2D eigenvalue weighted by atomic mass is 19.4. The van der Waals surface area contributed by atoms with E-state index in [0.29, 0.717) is 28.1 Å². The zero-order valence-corrected chi connectivity index (χ0v) is 15.8. The summed E-state index contributed by atoms with van der Waals surface area (Å²) in [4.78, 5) is 18.1. The number of rotatable bonds is 3. The zero-order chi connectivity index (χ0) is 22.4. The van der Waals surface area contributed by atoms with Gasteiger partial charge in [-0.05, 0) is 41.5 Å². The molecule has 0 unspecified atom stereocenters. The fourth-order valence-corrected chi connectivity index (χ4v) is 3.41. The molecule has 4 rings (SSSR count). The van der Waals surface area contributed by atoms with Crippen molar-refractivity contribution in [2.45, 2.75) is 25.3 Å². The number of hydrogen-bond acceptors (Lipinski definition) is 2. The summed E-state index contributed by atoms with van der Waals surface area (Å²) in [5, 5.41) is 0. The second-order valence-corrected chi connectivity index (χ2v) is 7.12. The minimum absolute atomic E-state index is 0.0127. The number of nitrogens with zero attached hydrogens (tertiary/aromatic N) is 2. The predicted octanol–water partition coefficient (Wildman–Crippen LogP) is 5.88. The van der Waals surface area contributed by atoms with E-state index in [4.69, 9.17) is 0 Å². The molecule has 0 N–H and O–H groups in total. The Morgan fingerprint density at radius 1 is 0.839 bits per heavy atom. The van der Waals surface area contributed by atoms with Crippen LogP contribution in [0.3, 0.4) is 0 Å². The van der Waals surface area contributed by atoms with E-state index in [9.17, 15) is 31.1 Å². The lowest BCUT2D eigenvalue weighted by Crippen LogP contribution is -2.26. The molecule has 3 aromatic rings. The monoisotopic (exact) mass is 436 g/mol. The van der Waals surface area contributed by atoms with Crippen molar-refractivity contribution in [3.8, 4) is 11.1 Å². The number of benzene rings is 2. The van der Waals surface area contributed by atoms with Crippen molar-refractivity contribution in [3.05, 3.63) is 83.2 Å². The van der Waals surface area contributed by atoms with Crippen LogP contribution in [-0.4, -0.2) is 10.9 Å². The van der Waals surface area contributed by atoms with Crippen molar-refractivity contribution >= 4 is 11.6 Å². The lowest BCUT2D eigenvalue weighted by Gasteiger charge is -2.18. The molecule has 0 radical (unpaired) electrons. The summed E-state index contributed by atoms with van der Waals surface area (Å²) in [5.41, 5.74) is 0.475. The Morgan fingerprint density at radius 3 is 2.16 bits per heavy atom. The number of halogens is 6. The Balaban J connectivity index is 1.64. The van der Waals surface area contributed by atoms with Gasteiger partial charge in [-0.1, -0.05) is 24.3 Å². The molecule has 0 aliphatic carbocycles. The van der Waals surface area contributed by atoms with Gasteiger partial charge in [-0.3, -0.25) is 9.78 Å². The van der Waals surface area contributed by atoms with Gasteiger partial charge < -0.3 is 4.90 Å². The fourth-order valence-electron chi connectivity index (χ4n) is 3.41. The largest absolute Gasteiger partial charge is 0.416 e. The van der Waals surface area contributed by atoms with Crippen LogP contribution in [0, 0.1) is 0 Å². The molecule has 0 saturated heterocycles. The third kappa shape index (κ3) is 4.26. The number of carbonyl (C=O) groups is 1. The van der Waals surface area contributed by atoms with Crippen molar-refractivity contribution in [2.75, 3.05) is 4.90 Å². The van der Waals surface area contributed by atoms with E-state index in [2.05, 4.69) is 4.98 Å². The third-order valence-electron chi connectivity index (χ3n) is 5.00. The third-order valence-corrected chi connectivity index (χ3v) is 5.00. The molecule has 160 valence electrons. The minimum atomic E-state index is -4.50. The molecule has 1 aliphatic rings. The van der Waals surface area contributed by atoms with Gasteiger partial charge in [-0.25, -0.2) is 0 Å². The average molecular weight is 436 g/mol. The fraction of sp³-hybridized carbons (Fsp3) is 0.182. The van der Waals surface area contributed by atoms with E-state index in [-0.39, 0.29) is 18.9 Å². The van der Waals surface area contributed by atoms with Crippen molar-refractivity contribution in [2.24, 2.45) is 0 Å². The summed E-state index contributed by atoms with van der Waals surface area (Å²) < 4.78 is 77.3. The van der Waals surface area contributed by atoms with Crippen LogP contribution in [0.25, 0.3) is 11.1 Å². The van der Waals surface area contributed by atoms with Gasteiger partial charge in [-0.15, -0.1) is 0 Å². The summed E-state index contributed by atoms with van der Waals surface area (Å²) >= 11 is 0. The molecule has 1 aliphatic heterocycles. The molecular weight excluding hydrogens is 422 g/mol. The first-order valence-corrected chi connectivity index (χ1v) is 9.15. The summed E-state index contributed by atoms with van der Waals surface area (Å²) in [6.07, 6.45) is -7.54. The van der Waals surface area contributed by atoms with Crippen LogP contribution < -0.4 is 4.90 Å². The SMILES string of the molecule is O=C1Cc2ncc(-c3cccc(C(F)(F)F)c3)cc2N1Cc1ccc(C(F)(F)F)cc1. The van der Waals surface area contributed by atoms with Gasteiger partial charge in [0.15, 0.2) is 0 Å². The lowest BCUT2D eigenvalue weighted by atomic mass is 10.0. The zero-order valence-electron chi connectivity index (χ0n) is 15.8. The van der Waals surface area contributed by atoms with Gasteiger partial charge in [0.2, 0.25) is 5.91 Å². The molecular formula is C22H14F6N2O. The number of pyridine rings is 1. The van der Waals surface area contributed by atoms with Crippen molar-refractivity contribution in [3.63, 3.8) is 0 Å². The smallest absolute Gasteiger partial charge is 0.306 e. The molecule has 0 spiro atoms. The van der Waals surface area contributed by atoms with Crippen molar-refractivity contribution in [1.29, 1.82) is 0 Å². The molecule has 2 heterocycles. The summed E-state index contributed by atoms with van der Waals surface area (Å²) in [6.45, 7) is 0.0255. The van der Waals surface area contributed by atoms with Gasteiger partial charge in [-0.2, -0.15) is 26.3 Å². The highest BCUT2D eigenvalue weighted by Crippen LogP contribution is 2.36. The molecule has 0 atom stereocenters. The van der Waals surface area contributed by atoms with E-state index in [0.717, 1.165) is 24.3 Å². The van der Waals surface area contributed by atoms with Crippen LogP contribution in [-0.2, 0) is 30.1 Å². The number of carbonyl (C=O) groups excluding carboxylic acids is 1. The number of hydrogen-bond donors (Lipinski definition) is 0. The predicted molar refractivity (Wildman–Crippen MR) is 101 cm³/mol. The second kappa shape index (κ2) is 7.40. The topological polar surface area (TPSA) is 33.2 Å². The second-order valence-electron chi connectivity index (χ2n) is 7.12. The first-order valence-electron chi connectivity index (χ1n) is 9.15. The summed E-state index contributed by atoms with van der Waals surface area (Å²) in [6, 6.07) is 10.8. The van der Waals surface area contributed by atoms with Crippen molar-refractivity contribution < 1.29 is 31.1 Å². The van der Waals surface area contributed by atoms with E-state index in [1.54, 1.807) is 6.07 Å². The van der Waals surface area contributed by atoms with Crippen LogP contribution in [0.1, 0.15) is 22.4 Å². The molecule has 1 amide bonds. The Morgan fingerprint density at radius 2 is 1.52 bits per heavy atom. The number of amides is 1. The molecule has 0 bridgehead atoms. The highest BCUT2D eigenvalue weighted by Gasteiger charge is 2.32. The van der Waals surface area contributed by atoms with E-state index < -0.39 is 23.5 Å². The van der Waals surface area contributed by atoms with Gasteiger partial charge in [0.1, 0.15) is 0 Å². The molecule has 1 aromatic heterocycles. The van der Waals surface area contributed by atoms with E-state index >= 15 is 0 Å². The number of anilines is 1. The Bertz CT molecular complexity index is 1140. The van der Waals surface area contributed by atoms with Crippen LogP contribution in [0.4, 0.5) is 32.0 Å². The number of alkyl halides is 6. The Labute approximate surface area is 172 Å². The van der Waals surface area contributed by atoms with E-state index in [1.807, 2.05) is 0 Å². The summed E-state index contributed by atoms with van der Waals surface area (Å²) in [7, 11) is 0. The van der Waals surface area contributed by atoms with Gasteiger partial charge in [0.25, 0.3) is 0 Å². The lowest BCUT2D eigenvalue weighted by molar-refractivity contribution is -0.138. The maximum Gasteiger partial charge on any atom is 0.416 e. The summed E-state index contributed by atoms with van der Waals surface area (Å²) in [5.74, 6) is -0.288. The van der Waals surface area contributed by atoms with Crippen LogP contribution in [0.15, 0.2) is 60.8 Å². The first-order chi connectivity index (χ1) is 14.5. The standard InChI is InChI=1S/C22H14F6N2O/c23-21(24,25)16-6-4-13(5-7-16)12-30-19-9-15(11-29-18(19)10-20(30)31)14-2-1-3-17(8-14)22(26,27)28/h1-9,11H,10,12H2. The highest BCUT2D eigenvalue weighted by molar-refractivity contribution is 6.01. The molecule has 31 heavy (non-hydrogen) atoms. The van der Waals surface area contributed by atoms with Crippen LogP contribution >= 0.6 is 0 Å². The van der Waals surface area contributed by atoms with E-state index in [1.165, 1.54) is 35.4 Å². The first kappa shape index (κ1) is 20.9. The molecule has 3 nitrogen and oxygen atoms in total. The Hall–Kier alpha value is -3.36. The van der Waals surface area contributed by atoms with Gasteiger partial charge in [0, 0.05) is 11.8 Å². The number of fused-ring (bicyclic) bond motifs is 1. The maximum atomic E-state index is 13.0. The molecule has 2 aromatic carbocycles. The Kier molecular flexibility index (Phi) is 4.99. The average Bonchev–Trinajstić information content (AvgIpc) is 3.02. The normalized spacial score (nSPS) is 14.1. The molecule has 0 fully saturated rings. The van der Waals surface area contributed by atoms with Crippen LogP contribution in [0.2, 0.25) is 0 Å². The molecule has 9 heteroatoms.